The van der Waals surface area contributed by atoms with E-state index in [4.69, 9.17) is 5.73 Å². The second kappa shape index (κ2) is 5.02. The van der Waals surface area contributed by atoms with Gasteiger partial charge in [0.15, 0.2) is 5.82 Å². The number of benzene rings is 1. The quantitative estimate of drug-likeness (QED) is 0.911. The molecule has 2 heterocycles. The van der Waals surface area contributed by atoms with Gasteiger partial charge in [-0.2, -0.15) is 0 Å². The smallest absolute Gasteiger partial charge is 0.164 e. The molecule has 0 radical (unpaired) electrons. The minimum Gasteiger partial charge on any atom is -0.330 e. The molecular formula is C16H22N4. The van der Waals surface area contributed by atoms with E-state index in [1.165, 1.54) is 22.3 Å². The maximum Gasteiger partial charge on any atom is 0.164 e. The average Bonchev–Trinajstić information content (AvgIpc) is 2.80. The highest BCUT2D eigenvalue weighted by atomic mass is 15.3. The van der Waals surface area contributed by atoms with Gasteiger partial charge in [-0.05, 0) is 50.8 Å². The van der Waals surface area contributed by atoms with Gasteiger partial charge in [0, 0.05) is 18.5 Å². The van der Waals surface area contributed by atoms with Gasteiger partial charge in [-0.3, -0.25) is 0 Å². The van der Waals surface area contributed by atoms with Crippen LogP contribution < -0.4 is 5.73 Å². The highest BCUT2D eigenvalue weighted by Crippen LogP contribution is 2.30. The lowest BCUT2D eigenvalue weighted by molar-refractivity contribution is 0.375. The topological polar surface area (TPSA) is 56.7 Å². The van der Waals surface area contributed by atoms with E-state index >= 15 is 0 Å². The van der Waals surface area contributed by atoms with Crippen molar-refractivity contribution in [2.75, 3.05) is 6.54 Å². The van der Waals surface area contributed by atoms with Gasteiger partial charge in [-0.1, -0.05) is 17.7 Å². The lowest BCUT2D eigenvalue weighted by Gasteiger charge is -2.23. The minimum atomic E-state index is 0.545. The standard InChI is InChI=1S/C16H22N4/c1-10-6-11(2)15(12(3)7-10)16-19-18-14-5-4-13(8-17)9-20(14)16/h6-7,13H,4-5,8-9,17H2,1-3H3. The number of fused-ring (bicyclic) bond motifs is 1. The first-order valence-corrected chi connectivity index (χ1v) is 7.30. The summed E-state index contributed by atoms with van der Waals surface area (Å²) in [5.74, 6) is 2.65. The Balaban J connectivity index is 2.11. The average molecular weight is 270 g/mol. The van der Waals surface area contributed by atoms with Crippen LogP contribution in [0.4, 0.5) is 0 Å². The number of nitrogens with two attached hydrogens (primary N) is 1. The Morgan fingerprint density at radius 1 is 1.20 bits per heavy atom. The molecule has 0 amide bonds. The van der Waals surface area contributed by atoms with E-state index in [0.717, 1.165) is 37.6 Å². The SMILES string of the molecule is Cc1cc(C)c(-c2nnc3n2CC(CN)CC3)c(C)c1. The largest absolute Gasteiger partial charge is 0.330 e. The first kappa shape index (κ1) is 13.3. The van der Waals surface area contributed by atoms with E-state index in [9.17, 15) is 0 Å². The highest BCUT2D eigenvalue weighted by Gasteiger charge is 2.24. The van der Waals surface area contributed by atoms with E-state index in [2.05, 4.69) is 47.7 Å². The van der Waals surface area contributed by atoms with E-state index in [1.807, 2.05) is 0 Å². The van der Waals surface area contributed by atoms with Gasteiger partial charge in [-0.25, -0.2) is 0 Å². The number of aromatic nitrogens is 3. The van der Waals surface area contributed by atoms with Crippen molar-refractivity contribution in [2.45, 2.75) is 40.2 Å². The number of rotatable bonds is 2. The van der Waals surface area contributed by atoms with Crippen molar-refractivity contribution in [3.8, 4) is 11.4 Å². The highest BCUT2D eigenvalue weighted by molar-refractivity contribution is 5.65. The van der Waals surface area contributed by atoms with Crippen LogP contribution >= 0.6 is 0 Å². The lowest BCUT2D eigenvalue weighted by atomic mass is 9.97. The van der Waals surface area contributed by atoms with Crippen LogP contribution in [0.3, 0.4) is 0 Å². The number of hydrogen-bond acceptors (Lipinski definition) is 3. The molecule has 2 N–H and O–H groups in total. The van der Waals surface area contributed by atoms with Crippen LogP contribution in [0.25, 0.3) is 11.4 Å². The molecule has 0 saturated heterocycles. The van der Waals surface area contributed by atoms with Gasteiger partial charge in [0.2, 0.25) is 0 Å². The lowest BCUT2D eigenvalue weighted by Crippen LogP contribution is -2.27. The Labute approximate surface area is 120 Å². The summed E-state index contributed by atoms with van der Waals surface area (Å²) in [6.45, 7) is 8.12. The normalized spacial score (nSPS) is 18.1. The predicted molar refractivity (Wildman–Crippen MR) is 80.5 cm³/mol. The Morgan fingerprint density at radius 2 is 1.90 bits per heavy atom. The van der Waals surface area contributed by atoms with Gasteiger partial charge in [-0.15, -0.1) is 10.2 Å². The van der Waals surface area contributed by atoms with Crippen LogP contribution in [0.2, 0.25) is 0 Å². The van der Waals surface area contributed by atoms with Gasteiger partial charge in [0.25, 0.3) is 0 Å². The van der Waals surface area contributed by atoms with Crippen molar-refractivity contribution in [3.05, 3.63) is 34.6 Å². The molecule has 1 unspecified atom stereocenters. The Morgan fingerprint density at radius 3 is 2.55 bits per heavy atom. The molecule has 1 atom stereocenters. The fourth-order valence-electron chi connectivity index (χ4n) is 3.30. The van der Waals surface area contributed by atoms with E-state index < -0.39 is 0 Å². The third-order valence-corrected chi connectivity index (χ3v) is 4.28. The third-order valence-electron chi connectivity index (χ3n) is 4.28. The first-order valence-electron chi connectivity index (χ1n) is 7.30. The van der Waals surface area contributed by atoms with Gasteiger partial charge < -0.3 is 10.3 Å². The zero-order chi connectivity index (χ0) is 14.3. The zero-order valence-corrected chi connectivity index (χ0v) is 12.5. The maximum absolute atomic E-state index is 5.84. The van der Waals surface area contributed by atoms with Crippen molar-refractivity contribution in [2.24, 2.45) is 11.7 Å². The molecule has 1 aromatic heterocycles. The third kappa shape index (κ3) is 2.14. The monoisotopic (exact) mass is 270 g/mol. The Bertz CT molecular complexity index is 619. The van der Waals surface area contributed by atoms with Crippen molar-refractivity contribution in [3.63, 3.8) is 0 Å². The van der Waals surface area contributed by atoms with Crippen LogP contribution in [0.1, 0.15) is 28.9 Å². The second-order valence-corrected chi connectivity index (χ2v) is 5.96. The molecule has 1 aliphatic rings. The molecule has 1 aromatic carbocycles. The van der Waals surface area contributed by atoms with Crippen molar-refractivity contribution in [1.29, 1.82) is 0 Å². The van der Waals surface area contributed by atoms with E-state index in [1.54, 1.807) is 0 Å². The molecule has 0 fully saturated rings. The van der Waals surface area contributed by atoms with Crippen LogP contribution in [0.5, 0.6) is 0 Å². The fraction of sp³-hybridized carbons (Fsp3) is 0.500. The number of aryl methyl sites for hydroxylation is 4. The van der Waals surface area contributed by atoms with Crippen LogP contribution in [0.15, 0.2) is 12.1 Å². The molecule has 0 bridgehead atoms. The summed E-state index contributed by atoms with van der Waals surface area (Å²) in [7, 11) is 0. The van der Waals surface area contributed by atoms with Crippen molar-refractivity contribution >= 4 is 0 Å². The minimum absolute atomic E-state index is 0.545. The Hall–Kier alpha value is -1.68. The van der Waals surface area contributed by atoms with Crippen LogP contribution in [-0.2, 0) is 13.0 Å². The molecule has 106 valence electrons. The molecule has 0 saturated carbocycles. The predicted octanol–water partition coefficient (Wildman–Crippen LogP) is 2.39. The van der Waals surface area contributed by atoms with Crippen molar-refractivity contribution in [1.82, 2.24) is 14.8 Å². The van der Waals surface area contributed by atoms with E-state index in [0.29, 0.717) is 5.92 Å². The van der Waals surface area contributed by atoms with Gasteiger partial charge >= 0.3 is 0 Å². The number of hydrogen-bond donors (Lipinski definition) is 1. The van der Waals surface area contributed by atoms with Crippen LogP contribution in [0, 0.1) is 26.7 Å². The molecule has 4 heteroatoms. The van der Waals surface area contributed by atoms with E-state index in [-0.39, 0.29) is 0 Å². The summed E-state index contributed by atoms with van der Waals surface area (Å²) in [5, 5.41) is 8.84. The molecule has 20 heavy (non-hydrogen) atoms. The maximum atomic E-state index is 5.84. The summed E-state index contributed by atoms with van der Waals surface area (Å²) in [6.07, 6.45) is 2.11. The molecular weight excluding hydrogens is 248 g/mol. The molecule has 4 nitrogen and oxygen atoms in total. The summed E-state index contributed by atoms with van der Waals surface area (Å²) in [6, 6.07) is 4.43. The van der Waals surface area contributed by atoms with Crippen LogP contribution in [-0.4, -0.2) is 21.3 Å². The second-order valence-electron chi connectivity index (χ2n) is 5.96. The number of nitrogens with zero attached hydrogens (tertiary/aromatic N) is 3. The van der Waals surface area contributed by atoms with Crippen molar-refractivity contribution < 1.29 is 0 Å². The Kier molecular flexibility index (Phi) is 3.34. The molecule has 3 rings (SSSR count). The summed E-state index contributed by atoms with van der Waals surface area (Å²) >= 11 is 0. The van der Waals surface area contributed by atoms with Gasteiger partial charge in [0.1, 0.15) is 5.82 Å². The molecule has 0 aliphatic carbocycles. The molecule has 0 spiro atoms. The summed E-state index contributed by atoms with van der Waals surface area (Å²) in [4.78, 5) is 0. The first-order chi connectivity index (χ1) is 9.60. The zero-order valence-electron chi connectivity index (χ0n) is 12.5. The fourth-order valence-corrected chi connectivity index (χ4v) is 3.30. The summed E-state index contributed by atoms with van der Waals surface area (Å²) in [5.41, 5.74) is 10.9. The van der Waals surface area contributed by atoms with Gasteiger partial charge in [0.05, 0.1) is 0 Å². The molecule has 1 aliphatic heterocycles. The summed E-state index contributed by atoms with van der Waals surface area (Å²) < 4.78 is 2.27. The molecule has 2 aromatic rings.